The van der Waals surface area contributed by atoms with Crippen LogP contribution in [0.5, 0.6) is 5.88 Å². The molecule has 0 aliphatic heterocycles. The molecule has 2 rings (SSSR count). The van der Waals surface area contributed by atoms with E-state index in [2.05, 4.69) is 25.6 Å². The quantitative estimate of drug-likeness (QED) is 0.846. The zero-order chi connectivity index (χ0) is 17.9. The number of nitrogens with zero attached hydrogens (tertiary/aromatic N) is 5. The van der Waals surface area contributed by atoms with Gasteiger partial charge in [-0.05, 0) is 20.8 Å². The molecule has 128 valence electrons. The molecule has 2 aromatic rings. The van der Waals surface area contributed by atoms with E-state index in [4.69, 9.17) is 15.2 Å². The lowest BCUT2D eigenvalue weighted by Gasteiger charge is -2.19. The van der Waals surface area contributed by atoms with Gasteiger partial charge in [0.15, 0.2) is 11.5 Å². The Bertz CT molecular complexity index is 749. The largest absolute Gasteiger partial charge is 0.444 e. The molecule has 0 aliphatic carbocycles. The predicted octanol–water partition coefficient (Wildman–Crippen LogP) is 1.08. The standard InChI is InChI=1S/C13H17N7O4/c1-13(2,3)24-12(22)17-7-5-15-9(16-6-7)8-10(23-11(14)21)20(4)19-18-8/h5-6H,1-4H3,(H2,14,21)(H,17,22). The lowest BCUT2D eigenvalue weighted by Crippen LogP contribution is -2.27. The van der Waals surface area contributed by atoms with Gasteiger partial charge in [0, 0.05) is 7.05 Å². The summed E-state index contributed by atoms with van der Waals surface area (Å²) >= 11 is 0. The molecule has 0 spiro atoms. The maximum atomic E-state index is 11.7. The van der Waals surface area contributed by atoms with Crippen molar-refractivity contribution in [2.24, 2.45) is 12.8 Å². The molecule has 11 nitrogen and oxygen atoms in total. The molecule has 0 bridgehead atoms. The fourth-order valence-electron chi connectivity index (χ4n) is 1.63. The summed E-state index contributed by atoms with van der Waals surface area (Å²) in [5, 5.41) is 10.0. The Hall–Kier alpha value is -3.24. The van der Waals surface area contributed by atoms with Crippen LogP contribution in [0.25, 0.3) is 11.5 Å². The Morgan fingerprint density at radius 1 is 1.25 bits per heavy atom. The summed E-state index contributed by atoms with van der Waals surface area (Å²) in [6, 6.07) is 0. The van der Waals surface area contributed by atoms with Crippen molar-refractivity contribution >= 4 is 17.9 Å². The molecule has 11 heteroatoms. The first-order valence-electron chi connectivity index (χ1n) is 6.85. The van der Waals surface area contributed by atoms with Gasteiger partial charge in [0.2, 0.25) is 0 Å². The van der Waals surface area contributed by atoms with Gasteiger partial charge in [-0.2, -0.15) is 0 Å². The Labute approximate surface area is 137 Å². The predicted molar refractivity (Wildman–Crippen MR) is 82.1 cm³/mol. The van der Waals surface area contributed by atoms with Gasteiger partial charge in [-0.3, -0.25) is 5.32 Å². The third-order valence-electron chi connectivity index (χ3n) is 2.48. The van der Waals surface area contributed by atoms with Crippen LogP contribution in [0, 0.1) is 0 Å². The van der Waals surface area contributed by atoms with Gasteiger partial charge in [0.05, 0.1) is 18.1 Å². The second-order valence-corrected chi connectivity index (χ2v) is 5.71. The summed E-state index contributed by atoms with van der Waals surface area (Å²) in [4.78, 5) is 30.7. The molecule has 0 unspecified atom stereocenters. The molecular formula is C13H17N7O4. The molecule has 24 heavy (non-hydrogen) atoms. The Balaban J connectivity index is 2.16. The van der Waals surface area contributed by atoms with Crippen molar-refractivity contribution in [3.8, 4) is 17.4 Å². The number of carbonyl (C=O) groups excluding carboxylic acids is 2. The summed E-state index contributed by atoms with van der Waals surface area (Å²) in [7, 11) is 1.52. The molecule has 0 radical (unpaired) electrons. The Morgan fingerprint density at radius 2 is 1.88 bits per heavy atom. The highest BCUT2D eigenvalue weighted by Crippen LogP contribution is 2.24. The molecule has 2 amide bonds. The summed E-state index contributed by atoms with van der Waals surface area (Å²) in [6.45, 7) is 5.25. The number of rotatable bonds is 3. The molecule has 2 heterocycles. The van der Waals surface area contributed by atoms with Crippen molar-refractivity contribution in [1.82, 2.24) is 25.0 Å². The number of hydrogen-bond acceptors (Lipinski definition) is 8. The maximum absolute atomic E-state index is 11.7. The van der Waals surface area contributed by atoms with Crippen molar-refractivity contribution < 1.29 is 19.1 Å². The van der Waals surface area contributed by atoms with Crippen molar-refractivity contribution in [2.75, 3.05) is 5.32 Å². The lowest BCUT2D eigenvalue weighted by atomic mass is 10.2. The number of aryl methyl sites for hydroxylation is 1. The highest BCUT2D eigenvalue weighted by Gasteiger charge is 2.20. The van der Waals surface area contributed by atoms with E-state index in [1.807, 2.05) is 0 Å². The van der Waals surface area contributed by atoms with Crippen LogP contribution in [0.4, 0.5) is 15.3 Å². The average molecular weight is 335 g/mol. The third kappa shape index (κ3) is 4.38. The molecule has 3 N–H and O–H groups in total. The molecule has 0 fully saturated rings. The summed E-state index contributed by atoms with van der Waals surface area (Å²) in [6.07, 6.45) is 1.07. The van der Waals surface area contributed by atoms with Gasteiger partial charge in [-0.1, -0.05) is 5.21 Å². The van der Waals surface area contributed by atoms with Crippen LogP contribution < -0.4 is 15.8 Å². The maximum Gasteiger partial charge on any atom is 0.412 e. The number of amides is 2. The normalized spacial score (nSPS) is 11.0. The second-order valence-electron chi connectivity index (χ2n) is 5.71. The van der Waals surface area contributed by atoms with Crippen molar-refractivity contribution in [1.29, 1.82) is 0 Å². The first-order valence-corrected chi connectivity index (χ1v) is 6.85. The molecule has 0 saturated heterocycles. The van der Waals surface area contributed by atoms with Crippen molar-refractivity contribution in [3.63, 3.8) is 0 Å². The number of hydrogen-bond donors (Lipinski definition) is 2. The van der Waals surface area contributed by atoms with Gasteiger partial charge < -0.3 is 15.2 Å². The number of ether oxygens (including phenoxy) is 2. The van der Waals surface area contributed by atoms with Crippen LogP contribution in [-0.4, -0.2) is 42.7 Å². The monoisotopic (exact) mass is 335 g/mol. The molecule has 0 aliphatic rings. The van der Waals surface area contributed by atoms with E-state index < -0.39 is 17.8 Å². The fourth-order valence-corrected chi connectivity index (χ4v) is 1.63. The van der Waals surface area contributed by atoms with Gasteiger partial charge in [-0.25, -0.2) is 24.2 Å². The summed E-state index contributed by atoms with van der Waals surface area (Å²) in [5.41, 5.74) is 4.84. The van der Waals surface area contributed by atoms with Gasteiger partial charge in [0.1, 0.15) is 5.60 Å². The summed E-state index contributed by atoms with van der Waals surface area (Å²) < 4.78 is 11.2. The van der Waals surface area contributed by atoms with Crippen molar-refractivity contribution in [3.05, 3.63) is 12.4 Å². The molecule has 0 atom stereocenters. The van der Waals surface area contributed by atoms with Crippen LogP contribution in [0.1, 0.15) is 20.8 Å². The van der Waals surface area contributed by atoms with E-state index in [9.17, 15) is 9.59 Å². The van der Waals surface area contributed by atoms with E-state index in [0.29, 0.717) is 5.69 Å². The van der Waals surface area contributed by atoms with E-state index >= 15 is 0 Å². The van der Waals surface area contributed by atoms with E-state index in [1.54, 1.807) is 20.8 Å². The van der Waals surface area contributed by atoms with Crippen LogP contribution in [0.15, 0.2) is 12.4 Å². The average Bonchev–Trinajstić information content (AvgIpc) is 2.78. The van der Waals surface area contributed by atoms with E-state index in [-0.39, 0.29) is 17.4 Å². The van der Waals surface area contributed by atoms with Crippen LogP contribution in [0.2, 0.25) is 0 Å². The topological polar surface area (TPSA) is 147 Å². The van der Waals surface area contributed by atoms with E-state index in [1.165, 1.54) is 24.1 Å². The van der Waals surface area contributed by atoms with Gasteiger partial charge in [0.25, 0.3) is 5.88 Å². The fraction of sp³-hybridized carbons (Fsp3) is 0.385. The van der Waals surface area contributed by atoms with Gasteiger partial charge in [-0.15, -0.1) is 5.10 Å². The number of anilines is 1. The SMILES string of the molecule is Cn1nnc(-c2ncc(NC(=O)OC(C)(C)C)cn2)c1OC(N)=O. The third-order valence-corrected chi connectivity index (χ3v) is 2.48. The van der Waals surface area contributed by atoms with Crippen molar-refractivity contribution in [2.45, 2.75) is 26.4 Å². The second kappa shape index (κ2) is 6.48. The van der Waals surface area contributed by atoms with Gasteiger partial charge >= 0.3 is 12.2 Å². The minimum Gasteiger partial charge on any atom is -0.444 e. The lowest BCUT2D eigenvalue weighted by molar-refractivity contribution is 0.0635. The number of nitrogens with two attached hydrogens (primary N) is 1. The minimum absolute atomic E-state index is 0.00958. The molecule has 0 saturated carbocycles. The highest BCUT2D eigenvalue weighted by atomic mass is 16.6. The number of aromatic nitrogens is 5. The number of carbonyl (C=O) groups is 2. The molecular weight excluding hydrogens is 318 g/mol. The molecule has 2 aromatic heterocycles. The number of primary amides is 1. The first kappa shape index (κ1) is 17.1. The zero-order valence-electron chi connectivity index (χ0n) is 13.6. The zero-order valence-corrected chi connectivity index (χ0v) is 13.6. The molecule has 0 aromatic carbocycles. The number of nitrogens with one attached hydrogen (secondary N) is 1. The minimum atomic E-state index is -1.01. The summed E-state index contributed by atoms with van der Waals surface area (Å²) in [5.74, 6) is 0.157. The van der Waals surface area contributed by atoms with Crippen LogP contribution >= 0.6 is 0 Å². The van der Waals surface area contributed by atoms with E-state index in [0.717, 1.165) is 0 Å². The Kier molecular flexibility index (Phi) is 4.62. The van der Waals surface area contributed by atoms with Crippen LogP contribution in [-0.2, 0) is 11.8 Å². The van der Waals surface area contributed by atoms with Crippen LogP contribution in [0.3, 0.4) is 0 Å². The first-order chi connectivity index (χ1) is 11.2. The smallest absolute Gasteiger partial charge is 0.412 e. The highest BCUT2D eigenvalue weighted by molar-refractivity contribution is 5.84. The Morgan fingerprint density at radius 3 is 2.42 bits per heavy atom.